The van der Waals surface area contributed by atoms with Gasteiger partial charge in [-0.25, -0.2) is 0 Å². The fourth-order valence-electron chi connectivity index (χ4n) is 1.95. The molecule has 19 heavy (non-hydrogen) atoms. The third-order valence-corrected chi connectivity index (χ3v) is 3.84. The third kappa shape index (κ3) is 2.85. The summed E-state index contributed by atoms with van der Waals surface area (Å²) >= 11 is 0. The first kappa shape index (κ1) is 14.2. The van der Waals surface area contributed by atoms with Crippen molar-refractivity contribution >= 4 is 13.2 Å². The van der Waals surface area contributed by atoms with E-state index in [1.807, 2.05) is 64.0 Å². The molecule has 0 radical (unpaired) electrons. The number of hydrogen-bond acceptors (Lipinski definition) is 3. The number of benzene rings is 1. The first-order valence-corrected chi connectivity index (χ1v) is 6.52. The van der Waals surface area contributed by atoms with Crippen molar-refractivity contribution in [2.75, 3.05) is 7.11 Å². The van der Waals surface area contributed by atoms with Crippen LogP contribution in [0.2, 0.25) is 0 Å². The van der Waals surface area contributed by atoms with Gasteiger partial charge in [0, 0.05) is 5.56 Å². The topological polar surface area (TPSA) is 27.7 Å². The second-order valence-electron chi connectivity index (χ2n) is 5.73. The van der Waals surface area contributed by atoms with Crippen LogP contribution in [0.3, 0.4) is 0 Å². The molecule has 1 saturated heterocycles. The summed E-state index contributed by atoms with van der Waals surface area (Å²) in [6.07, 6.45) is 1.97. The van der Waals surface area contributed by atoms with Crippen molar-refractivity contribution in [3.8, 4) is 5.75 Å². The van der Waals surface area contributed by atoms with Gasteiger partial charge in [0.1, 0.15) is 5.75 Å². The molecule has 0 atom stereocenters. The average Bonchev–Trinajstić information content (AvgIpc) is 2.55. The first-order valence-electron chi connectivity index (χ1n) is 6.52. The number of ether oxygens (including phenoxy) is 1. The summed E-state index contributed by atoms with van der Waals surface area (Å²) in [5.74, 6) is 2.77. The van der Waals surface area contributed by atoms with Crippen LogP contribution in [0.25, 0.3) is 6.08 Å². The van der Waals surface area contributed by atoms with Crippen LogP contribution >= 0.6 is 0 Å². The summed E-state index contributed by atoms with van der Waals surface area (Å²) in [6, 6.07) is 7.86. The second kappa shape index (κ2) is 5.02. The molecule has 3 nitrogen and oxygen atoms in total. The van der Waals surface area contributed by atoms with Crippen LogP contribution in [0.5, 0.6) is 5.75 Å². The van der Waals surface area contributed by atoms with E-state index in [0.717, 1.165) is 11.3 Å². The van der Waals surface area contributed by atoms with E-state index in [9.17, 15) is 0 Å². The van der Waals surface area contributed by atoms with Gasteiger partial charge in [-0.1, -0.05) is 30.3 Å². The van der Waals surface area contributed by atoms with Crippen molar-refractivity contribution < 1.29 is 14.0 Å². The Morgan fingerprint density at radius 3 is 2.21 bits per heavy atom. The lowest BCUT2D eigenvalue weighted by molar-refractivity contribution is 0.00578. The van der Waals surface area contributed by atoms with E-state index < -0.39 is 0 Å². The van der Waals surface area contributed by atoms with Gasteiger partial charge in [-0.05, 0) is 33.8 Å². The summed E-state index contributed by atoms with van der Waals surface area (Å²) in [4.78, 5) is 0. The summed E-state index contributed by atoms with van der Waals surface area (Å²) < 4.78 is 17.1. The normalized spacial score (nSPS) is 21.0. The molecule has 1 aromatic carbocycles. The van der Waals surface area contributed by atoms with Crippen LogP contribution in [0.1, 0.15) is 33.3 Å². The molecule has 0 bridgehead atoms. The quantitative estimate of drug-likeness (QED) is 0.780. The van der Waals surface area contributed by atoms with Crippen LogP contribution in [-0.2, 0) is 9.31 Å². The van der Waals surface area contributed by atoms with Crippen molar-refractivity contribution in [2.45, 2.75) is 38.9 Å². The van der Waals surface area contributed by atoms with Crippen LogP contribution < -0.4 is 4.74 Å². The minimum atomic E-state index is -0.324. The van der Waals surface area contributed by atoms with Crippen molar-refractivity contribution in [3.05, 3.63) is 35.8 Å². The molecule has 1 aliphatic rings. The van der Waals surface area contributed by atoms with Gasteiger partial charge >= 0.3 is 7.12 Å². The third-order valence-electron chi connectivity index (χ3n) is 3.84. The molecule has 0 aliphatic carbocycles. The van der Waals surface area contributed by atoms with E-state index in [1.54, 1.807) is 7.11 Å². The van der Waals surface area contributed by atoms with Gasteiger partial charge < -0.3 is 14.0 Å². The molecule has 1 aliphatic heterocycles. The predicted octanol–water partition coefficient (Wildman–Crippen LogP) is 3.34. The minimum absolute atomic E-state index is 0.303. The Kier molecular flexibility index (Phi) is 3.74. The summed E-state index contributed by atoms with van der Waals surface area (Å²) in [7, 11) is 1.34. The lowest BCUT2D eigenvalue weighted by Gasteiger charge is -2.32. The lowest BCUT2D eigenvalue weighted by Crippen LogP contribution is -2.41. The highest BCUT2D eigenvalue weighted by Gasteiger charge is 2.49. The van der Waals surface area contributed by atoms with Crippen LogP contribution in [0.15, 0.2) is 30.2 Å². The SMILES string of the molecule is COc1ccccc1/C=C/B1OC(C)(C)C(C)(C)O1. The maximum Gasteiger partial charge on any atom is 0.487 e. The molecule has 0 spiro atoms. The van der Waals surface area contributed by atoms with Gasteiger partial charge in [0.2, 0.25) is 0 Å². The van der Waals surface area contributed by atoms with Gasteiger partial charge in [-0.15, -0.1) is 0 Å². The molecule has 0 unspecified atom stereocenters. The van der Waals surface area contributed by atoms with Gasteiger partial charge in [-0.2, -0.15) is 0 Å². The predicted molar refractivity (Wildman–Crippen MR) is 78.1 cm³/mol. The Bertz CT molecular complexity index is 464. The van der Waals surface area contributed by atoms with Crippen molar-refractivity contribution in [1.82, 2.24) is 0 Å². The summed E-state index contributed by atoms with van der Waals surface area (Å²) in [6.45, 7) is 8.18. The zero-order valence-electron chi connectivity index (χ0n) is 12.3. The highest BCUT2D eigenvalue weighted by molar-refractivity contribution is 6.52. The van der Waals surface area contributed by atoms with Crippen LogP contribution in [0, 0.1) is 0 Å². The molecular formula is C15H21BO3. The van der Waals surface area contributed by atoms with E-state index in [2.05, 4.69) is 0 Å². The number of rotatable bonds is 3. The fraction of sp³-hybridized carbons (Fsp3) is 0.467. The zero-order valence-corrected chi connectivity index (χ0v) is 12.3. The van der Waals surface area contributed by atoms with E-state index in [4.69, 9.17) is 14.0 Å². The lowest BCUT2D eigenvalue weighted by atomic mass is 9.89. The highest BCUT2D eigenvalue weighted by Crippen LogP contribution is 2.37. The molecular weight excluding hydrogens is 239 g/mol. The first-order chi connectivity index (χ1) is 8.86. The molecule has 0 saturated carbocycles. The maximum atomic E-state index is 5.91. The molecule has 0 aromatic heterocycles. The van der Waals surface area contributed by atoms with Crippen molar-refractivity contribution in [1.29, 1.82) is 0 Å². The van der Waals surface area contributed by atoms with E-state index >= 15 is 0 Å². The van der Waals surface area contributed by atoms with Gasteiger partial charge in [0.05, 0.1) is 18.3 Å². The van der Waals surface area contributed by atoms with E-state index in [-0.39, 0.29) is 18.3 Å². The standard InChI is InChI=1S/C15H21BO3/c1-14(2)15(3,4)19-16(18-14)11-10-12-8-6-7-9-13(12)17-5/h6-11H,1-5H3/b11-10+. The zero-order chi connectivity index (χ0) is 14.1. The van der Waals surface area contributed by atoms with Crippen LogP contribution in [-0.4, -0.2) is 25.4 Å². The Hall–Kier alpha value is -1.26. The maximum absolute atomic E-state index is 5.91. The second-order valence-corrected chi connectivity index (χ2v) is 5.73. The van der Waals surface area contributed by atoms with Crippen molar-refractivity contribution in [3.63, 3.8) is 0 Å². The Morgan fingerprint density at radius 1 is 1.05 bits per heavy atom. The van der Waals surface area contributed by atoms with Gasteiger partial charge in [0.15, 0.2) is 0 Å². The van der Waals surface area contributed by atoms with Crippen molar-refractivity contribution in [2.24, 2.45) is 0 Å². The number of para-hydroxylation sites is 1. The monoisotopic (exact) mass is 260 g/mol. The van der Waals surface area contributed by atoms with Gasteiger partial charge in [-0.3, -0.25) is 0 Å². The molecule has 4 heteroatoms. The number of methoxy groups -OCH3 is 1. The Morgan fingerprint density at radius 2 is 1.63 bits per heavy atom. The molecule has 2 rings (SSSR count). The fourth-order valence-corrected chi connectivity index (χ4v) is 1.95. The van der Waals surface area contributed by atoms with E-state index in [0.29, 0.717) is 0 Å². The average molecular weight is 260 g/mol. The van der Waals surface area contributed by atoms with Crippen LogP contribution in [0.4, 0.5) is 0 Å². The summed E-state index contributed by atoms with van der Waals surface area (Å²) in [5.41, 5.74) is 0.408. The molecule has 1 aromatic rings. The van der Waals surface area contributed by atoms with E-state index in [1.165, 1.54) is 0 Å². The molecule has 0 N–H and O–H groups in total. The number of hydrogen-bond donors (Lipinski definition) is 0. The molecule has 0 amide bonds. The molecule has 1 fully saturated rings. The summed E-state index contributed by atoms with van der Waals surface area (Å²) in [5, 5.41) is 0. The molecule has 1 heterocycles. The Labute approximate surface area is 115 Å². The highest BCUT2D eigenvalue weighted by atomic mass is 16.7. The molecule has 102 valence electrons. The van der Waals surface area contributed by atoms with Gasteiger partial charge in [0.25, 0.3) is 0 Å². The smallest absolute Gasteiger partial charge is 0.487 e. The Balaban J connectivity index is 2.13. The minimum Gasteiger partial charge on any atom is -0.496 e. The largest absolute Gasteiger partial charge is 0.496 e.